The van der Waals surface area contributed by atoms with Crippen molar-refractivity contribution in [3.8, 4) is 11.5 Å². The van der Waals surface area contributed by atoms with Crippen LogP contribution in [0.3, 0.4) is 0 Å². The fraction of sp³-hybridized carbons (Fsp3) is 0.231. The van der Waals surface area contributed by atoms with Crippen LogP contribution in [0.15, 0.2) is 42.1 Å². The second-order valence-electron chi connectivity index (χ2n) is 3.92. The second kappa shape index (κ2) is 5.55. The molecule has 0 amide bonds. The van der Waals surface area contributed by atoms with Crippen molar-refractivity contribution in [2.45, 2.75) is 13.1 Å². The molecular formula is C13H16OSi. The predicted molar refractivity (Wildman–Crippen MR) is 67.0 cm³/mol. The third-order valence-corrected chi connectivity index (χ3v) is 3.78. The maximum atomic E-state index is 8.70. The van der Waals surface area contributed by atoms with Gasteiger partial charge in [0.2, 0.25) is 0 Å². The van der Waals surface area contributed by atoms with Crippen LogP contribution in [0, 0.1) is 11.5 Å². The molecule has 0 spiro atoms. The Morgan fingerprint density at radius 3 is 2.53 bits per heavy atom. The third-order valence-electron chi connectivity index (χ3n) is 1.94. The Hall–Kier alpha value is -1.30. The minimum Gasteiger partial charge on any atom is -0.392 e. The van der Waals surface area contributed by atoms with Gasteiger partial charge in [-0.05, 0) is 12.1 Å². The molecule has 0 aliphatic rings. The van der Waals surface area contributed by atoms with Gasteiger partial charge in [-0.2, -0.15) is 0 Å². The summed E-state index contributed by atoms with van der Waals surface area (Å²) in [5.74, 6) is 3.17. The van der Waals surface area contributed by atoms with Crippen molar-refractivity contribution in [3.05, 3.63) is 47.7 Å². The van der Waals surface area contributed by atoms with E-state index in [-0.39, 0.29) is 6.61 Å². The molecule has 0 aliphatic heterocycles. The minimum atomic E-state index is -1.61. The number of aliphatic hydroxyl groups is 1. The Bertz CT molecular complexity index is 382. The van der Waals surface area contributed by atoms with Crippen molar-refractivity contribution in [1.82, 2.24) is 0 Å². The largest absolute Gasteiger partial charge is 0.392 e. The molecule has 0 bridgehead atoms. The minimum absolute atomic E-state index is 0.101. The van der Waals surface area contributed by atoms with Crippen LogP contribution in [0.25, 0.3) is 0 Å². The highest BCUT2D eigenvalue weighted by atomic mass is 28.3. The van der Waals surface area contributed by atoms with Gasteiger partial charge in [0.1, 0.15) is 0 Å². The molecule has 1 aromatic carbocycles. The van der Waals surface area contributed by atoms with Crippen LogP contribution >= 0.6 is 0 Å². The lowest BCUT2D eigenvalue weighted by Crippen LogP contribution is -2.20. The number of hydrogen-bond donors (Lipinski definition) is 1. The molecule has 0 radical (unpaired) electrons. The molecule has 1 N–H and O–H groups in total. The summed E-state index contributed by atoms with van der Waals surface area (Å²) in [4.78, 5) is 0. The van der Waals surface area contributed by atoms with Gasteiger partial charge in [0.15, 0.2) is 8.07 Å². The normalized spacial score (nSPS) is 11.1. The number of aliphatic hydroxyl groups excluding tert-OH is 1. The van der Waals surface area contributed by atoms with Crippen molar-refractivity contribution in [1.29, 1.82) is 0 Å². The standard InChI is InChI=1S/C13H16OSi/c1-15(2,11-6-10-14)12-9-13-7-4-3-5-8-13/h3-8,11,14H,10H2,1-2H3/b11-6+. The van der Waals surface area contributed by atoms with Gasteiger partial charge in [-0.15, -0.1) is 5.54 Å². The van der Waals surface area contributed by atoms with Gasteiger partial charge in [0, 0.05) is 5.56 Å². The molecule has 0 heterocycles. The van der Waals surface area contributed by atoms with Crippen molar-refractivity contribution in [3.63, 3.8) is 0 Å². The quantitative estimate of drug-likeness (QED) is 0.594. The van der Waals surface area contributed by atoms with E-state index in [0.717, 1.165) is 5.56 Å². The van der Waals surface area contributed by atoms with Crippen molar-refractivity contribution < 1.29 is 5.11 Å². The summed E-state index contributed by atoms with van der Waals surface area (Å²) in [7, 11) is -1.61. The van der Waals surface area contributed by atoms with Crippen LogP contribution in [-0.2, 0) is 0 Å². The van der Waals surface area contributed by atoms with Crippen LogP contribution in [0.2, 0.25) is 13.1 Å². The van der Waals surface area contributed by atoms with Gasteiger partial charge in [0.05, 0.1) is 6.61 Å². The lowest BCUT2D eigenvalue weighted by atomic mass is 10.2. The van der Waals surface area contributed by atoms with Gasteiger partial charge in [-0.25, -0.2) is 0 Å². The van der Waals surface area contributed by atoms with E-state index in [0.29, 0.717) is 0 Å². The highest BCUT2D eigenvalue weighted by Gasteiger charge is 2.12. The summed E-state index contributed by atoms with van der Waals surface area (Å²) in [5.41, 5.74) is 6.41. The predicted octanol–water partition coefficient (Wildman–Crippen LogP) is 2.37. The summed E-state index contributed by atoms with van der Waals surface area (Å²) in [6, 6.07) is 9.98. The molecule has 0 aliphatic carbocycles. The molecule has 0 atom stereocenters. The molecular weight excluding hydrogens is 200 g/mol. The SMILES string of the molecule is C[Si](C)(C#Cc1ccccc1)/C=C/CO. The molecule has 2 heteroatoms. The first-order chi connectivity index (χ1) is 7.14. The molecule has 1 aromatic rings. The topological polar surface area (TPSA) is 20.2 Å². The van der Waals surface area contributed by atoms with Crippen LogP contribution in [0.5, 0.6) is 0 Å². The van der Waals surface area contributed by atoms with Crippen LogP contribution < -0.4 is 0 Å². The first-order valence-corrected chi connectivity index (χ1v) is 8.08. The van der Waals surface area contributed by atoms with Gasteiger partial charge in [-0.1, -0.05) is 49.0 Å². The Morgan fingerprint density at radius 1 is 1.27 bits per heavy atom. The maximum Gasteiger partial charge on any atom is 0.155 e. The van der Waals surface area contributed by atoms with Gasteiger partial charge >= 0.3 is 0 Å². The summed E-state index contributed by atoms with van der Waals surface area (Å²) in [5, 5.41) is 8.70. The fourth-order valence-electron chi connectivity index (χ4n) is 1.14. The molecule has 0 saturated heterocycles. The summed E-state index contributed by atoms with van der Waals surface area (Å²) >= 11 is 0. The second-order valence-corrected chi connectivity index (χ2v) is 7.95. The summed E-state index contributed by atoms with van der Waals surface area (Å²) < 4.78 is 0. The Kier molecular flexibility index (Phi) is 4.35. The fourth-order valence-corrected chi connectivity index (χ4v) is 2.39. The smallest absolute Gasteiger partial charge is 0.155 e. The van der Waals surface area contributed by atoms with Crippen LogP contribution in [0.4, 0.5) is 0 Å². The van der Waals surface area contributed by atoms with E-state index in [2.05, 4.69) is 30.3 Å². The van der Waals surface area contributed by atoms with E-state index < -0.39 is 8.07 Å². The van der Waals surface area contributed by atoms with Gasteiger partial charge < -0.3 is 5.11 Å². The molecule has 78 valence electrons. The van der Waals surface area contributed by atoms with E-state index >= 15 is 0 Å². The molecule has 0 fully saturated rings. The number of hydrogen-bond acceptors (Lipinski definition) is 1. The Labute approximate surface area is 92.5 Å². The first kappa shape index (κ1) is 11.8. The molecule has 0 aromatic heterocycles. The zero-order valence-corrected chi connectivity index (χ0v) is 10.2. The maximum absolute atomic E-state index is 8.70. The Balaban J connectivity index is 2.77. The lowest BCUT2D eigenvalue weighted by Gasteiger charge is -2.06. The first-order valence-electron chi connectivity index (χ1n) is 5.01. The van der Waals surface area contributed by atoms with Crippen molar-refractivity contribution in [2.24, 2.45) is 0 Å². The highest BCUT2D eigenvalue weighted by molar-refractivity contribution is 6.89. The molecule has 0 saturated carbocycles. The van der Waals surface area contributed by atoms with Crippen LogP contribution in [-0.4, -0.2) is 19.8 Å². The lowest BCUT2D eigenvalue weighted by molar-refractivity contribution is 0.343. The molecule has 1 rings (SSSR count). The molecule has 1 nitrogen and oxygen atoms in total. The van der Waals surface area contributed by atoms with Crippen LogP contribution in [0.1, 0.15) is 5.56 Å². The molecule has 0 unspecified atom stereocenters. The van der Waals surface area contributed by atoms with Crippen molar-refractivity contribution in [2.75, 3.05) is 6.61 Å². The van der Waals surface area contributed by atoms with E-state index in [9.17, 15) is 0 Å². The summed E-state index contributed by atoms with van der Waals surface area (Å²) in [6.45, 7) is 4.42. The highest BCUT2D eigenvalue weighted by Crippen LogP contribution is 2.03. The Morgan fingerprint density at radius 2 is 1.93 bits per heavy atom. The number of rotatable bonds is 2. The molecule has 15 heavy (non-hydrogen) atoms. The van der Waals surface area contributed by atoms with Crippen molar-refractivity contribution >= 4 is 8.07 Å². The monoisotopic (exact) mass is 216 g/mol. The van der Waals surface area contributed by atoms with E-state index in [4.69, 9.17) is 5.11 Å². The van der Waals surface area contributed by atoms with E-state index in [1.165, 1.54) is 0 Å². The zero-order chi connectivity index (χ0) is 11.1. The zero-order valence-electron chi connectivity index (χ0n) is 9.20. The van der Waals surface area contributed by atoms with E-state index in [1.54, 1.807) is 6.08 Å². The third kappa shape index (κ3) is 4.64. The van der Waals surface area contributed by atoms with Gasteiger partial charge in [-0.3, -0.25) is 0 Å². The average molecular weight is 216 g/mol. The van der Waals surface area contributed by atoms with Gasteiger partial charge in [0.25, 0.3) is 0 Å². The van der Waals surface area contributed by atoms with E-state index in [1.807, 2.05) is 30.3 Å². The number of benzene rings is 1. The summed E-state index contributed by atoms with van der Waals surface area (Å²) in [6.07, 6.45) is 1.78. The average Bonchev–Trinajstić information content (AvgIpc) is 2.25.